The quantitative estimate of drug-likeness (QED) is 0.751. The van der Waals surface area contributed by atoms with Gasteiger partial charge in [0.25, 0.3) is 0 Å². The maximum absolute atomic E-state index is 13.5. The van der Waals surface area contributed by atoms with E-state index >= 15 is 0 Å². The summed E-state index contributed by atoms with van der Waals surface area (Å²) in [5.41, 5.74) is 0.0488. The summed E-state index contributed by atoms with van der Waals surface area (Å²) in [7, 11) is 1.44. The van der Waals surface area contributed by atoms with Gasteiger partial charge < -0.3 is 9.26 Å². The second-order valence-electron chi connectivity index (χ2n) is 2.84. The Hall–Kier alpha value is -1.98. The van der Waals surface area contributed by atoms with Crippen LogP contribution in [-0.2, 0) is 0 Å². The lowest BCUT2D eigenvalue weighted by molar-refractivity contribution is 0.393. The molecule has 0 spiro atoms. The van der Waals surface area contributed by atoms with Crippen molar-refractivity contribution in [3.8, 4) is 17.3 Å². The second kappa shape index (κ2) is 3.64. The van der Waals surface area contributed by atoms with Gasteiger partial charge in [-0.15, -0.1) is 0 Å². The van der Waals surface area contributed by atoms with E-state index < -0.39 is 5.82 Å². The topological polar surface area (TPSA) is 61.0 Å². The Kier molecular flexibility index (Phi) is 2.32. The van der Waals surface area contributed by atoms with Gasteiger partial charge in [0.2, 0.25) is 11.7 Å². The van der Waals surface area contributed by atoms with E-state index in [9.17, 15) is 4.39 Å². The third-order valence-corrected chi connectivity index (χ3v) is 1.79. The maximum Gasteiger partial charge on any atom is 0.224 e. The highest BCUT2D eigenvalue weighted by atomic mass is 19.1. The van der Waals surface area contributed by atoms with Crippen LogP contribution in [0, 0.1) is 12.7 Å². The summed E-state index contributed by atoms with van der Waals surface area (Å²) >= 11 is 0. The number of ether oxygens (including phenoxy) is 1. The minimum Gasteiger partial charge on any atom is -0.495 e. The molecule has 0 fully saturated rings. The number of hydrogen-bond acceptors (Lipinski definition) is 5. The molecule has 0 aromatic carbocycles. The standard InChI is InChI=1S/C9H8FN3O2/c1-5-12-9(13-15-5)8-7(10)3-6(14-2)4-11-8/h3-4H,1-2H3. The number of rotatable bonds is 2. The van der Waals surface area contributed by atoms with Crippen molar-refractivity contribution in [3.05, 3.63) is 24.0 Å². The Balaban J connectivity index is 2.45. The van der Waals surface area contributed by atoms with Gasteiger partial charge in [0.15, 0.2) is 5.82 Å². The van der Waals surface area contributed by atoms with Crippen LogP contribution in [0.1, 0.15) is 5.89 Å². The summed E-state index contributed by atoms with van der Waals surface area (Å²) in [4.78, 5) is 7.72. The molecule has 0 unspecified atom stereocenters. The first kappa shape index (κ1) is 9.57. The zero-order valence-electron chi connectivity index (χ0n) is 8.19. The molecule has 15 heavy (non-hydrogen) atoms. The van der Waals surface area contributed by atoms with Crippen molar-refractivity contribution in [1.82, 2.24) is 15.1 Å². The highest BCUT2D eigenvalue weighted by Gasteiger charge is 2.13. The summed E-state index contributed by atoms with van der Waals surface area (Å²) in [6.45, 7) is 1.62. The third-order valence-electron chi connectivity index (χ3n) is 1.79. The van der Waals surface area contributed by atoms with Gasteiger partial charge in [-0.05, 0) is 0 Å². The van der Waals surface area contributed by atoms with Crippen molar-refractivity contribution in [3.63, 3.8) is 0 Å². The van der Waals surface area contributed by atoms with Crippen LogP contribution in [0.3, 0.4) is 0 Å². The Bertz CT molecular complexity index is 484. The van der Waals surface area contributed by atoms with Crippen LogP contribution in [0.4, 0.5) is 4.39 Å². The first-order chi connectivity index (χ1) is 7.20. The molecule has 5 nitrogen and oxygen atoms in total. The summed E-state index contributed by atoms with van der Waals surface area (Å²) < 4.78 is 23.0. The van der Waals surface area contributed by atoms with Crippen LogP contribution in [0.15, 0.2) is 16.8 Å². The third kappa shape index (κ3) is 1.78. The van der Waals surface area contributed by atoms with Crippen LogP contribution in [0.2, 0.25) is 0 Å². The molecule has 0 atom stereocenters. The zero-order valence-corrected chi connectivity index (χ0v) is 8.19. The molecule has 2 heterocycles. The van der Waals surface area contributed by atoms with E-state index in [1.54, 1.807) is 6.92 Å². The minimum absolute atomic E-state index is 0.0488. The van der Waals surface area contributed by atoms with Gasteiger partial charge in [0, 0.05) is 13.0 Å². The van der Waals surface area contributed by atoms with Crippen molar-refractivity contribution < 1.29 is 13.7 Å². The molecule has 0 aliphatic carbocycles. The van der Waals surface area contributed by atoms with Gasteiger partial charge in [-0.1, -0.05) is 5.16 Å². The number of aromatic nitrogens is 3. The van der Waals surface area contributed by atoms with E-state index in [1.807, 2.05) is 0 Å². The van der Waals surface area contributed by atoms with Gasteiger partial charge in [-0.2, -0.15) is 4.98 Å². The number of nitrogens with zero attached hydrogens (tertiary/aromatic N) is 3. The number of methoxy groups -OCH3 is 1. The van der Waals surface area contributed by atoms with E-state index in [0.29, 0.717) is 11.6 Å². The first-order valence-electron chi connectivity index (χ1n) is 4.21. The van der Waals surface area contributed by atoms with Crippen LogP contribution in [0.25, 0.3) is 11.5 Å². The first-order valence-corrected chi connectivity index (χ1v) is 4.21. The van der Waals surface area contributed by atoms with Gasteiger partial charge in [-0.3, -0.25) is 0 Å². The van der Waals surface area contributed by atoms with Crippen molar-refractivity contribution in [1.29, 1.82) is 0 Å². The Labute approximate surface area is 84.9 Å². The lowest BCUT2D eigenvalue weighted by Crippen LogP contribution is -1.93. The lowest BCUT2D eigenvalue weighted by Gasteiger charge is -2.00. The van der Waals surface area contributed by atoms with Crippen molar-refractivity contribution in [2.45, 2.75) is 6.92 Å². The monoisotopic (exact) mass is 209 g/mol. The molecule has 0 saturated heterocycles. The fourth-order valence-corrected chi connectivity index (χ4v) is 1.09. The highest BCUT2D eigenvalue weighted by Crippen LogP contribution is 2.20. The SMILES string of the molecule is COc1cnc(-c2noc(C)n2)c(F)c1. The molecular weight excluding hydrogens is 201 g/mol. The zero-order chi connectivity index (χ0) is 10.8. The number of pyridine rings is 1. The molecule has 0 radical (unpaired) electrons. The average molecular weight is 209 g/mol. The molecule has 0 aliphatic rings. The van der Waals surface area contributed by atoms with E-state index in [0.717, 1.165) is 0 Å². The fourth-order valence-electron chi connectivity index (χ4n) is 1.09. The number of halogens is 1. The second-order valence-corrected chi connectivity index (χ2v) is 2.84. The molecule has 6 heteroatoms. The van der Waals surface area contributed by atoms with E-state index in [1.165, 1.54) is 19.4 Å². The normalized spacial score (nSPS) is 10.3. The Morgan fingerprint density at radius 2 is 2.27 bits per heavy atom. The van der Waals surface area contributed by atoms with E-state index in [2.05, 4.69) is 15.1 Å². The Morgan fingerprint density at radius 1 is 1.47 bits per heavy atom. The summed E-state index contributed by atoms with van der Waals surface area (Å²) in [6, 6.07) is 1.22. The van der Waals surface area contributed by atoms with Gasteiger partial charge >= 0.3 is 0 Å². The fraction of sp³-hybridized carbons (Fsp3) is 0.222. The molecule has 0 amide bonds. The smallest absolute Gasteiger partial charge is 0.224 e. The predicted octanol–water partition coefficient (Wildman–Crippen LogP) is 1.59. The summed E-state index contributed by atoms with van der Waals surface area (Å²) in [5.74, 6) is 0.293. The Morgan fingerprint density at radius 3 is 2.80 bits per heavy atom. The summed E-state index contributed by atoms with van der Waals surface area (Å²) in [5, 5.41) is 3.57. The van der Waals surface area contributed by atoms with Gasteiger partial charge in [-0.25, -0.2) is 9.37 Å². The number of hydrogen-bond donors (Lipinski definition) is 0. The van der Waals surface area contributed by atoms with E-state index in [4.69, 9.17) is 9.26 Å². The van der Waals surface area contributed by atoms with Crippen LogP contribution in [0.5, 0.6) is 5.75 Å². The molecule has 78 valence electrons. The predicted molar refractivity (Wildman–Crippen MR) is 48.8 cm³/mol. The molecule has 0 saturated carbocycles. The van der Waals surface area contributed by atoms with Crippen LogP contribution < -0.4 is 4.74 Å². The van der Waals surface area contributed by atoms with Crippen LogP contribution in [-0.4, -0.2) is 22.2 Å². The van der Waals surface area contributed by atoms with Crippen molar-refractivity contribution >= 4 is 0 Å². The summed E-state index contributed by atoms with van der Waals surface area (Å²) in [6.07, 6.45) is 1.39. The highest BCUT2D eigenvalue weighted by molar-refractivity contribution is 5.50. The largest absolute Gasteiger partial charge is 0.495 e. The average Bonchev–Trinajstić information content (AvgIpc) is 2.64. The maximum atomic E-state index is 13.5. The van der Waals surface area contributed by atoms with Gasteiger partial charge in [0.1, 0.15) is 11.4 Å². The number of aryl methyl sites for hydroxylation is 1. The molecular formula is C9H8FN3O2. The van der Waals surface area contributed by atoms with Crippen molar-refractivity contribution in [2.75, 3.05) is 7.11 Å². The molecule has 0 N–H and O–H groups in total. The minimum atomic E-state index is -0.546. The van der Waals surface area contributed by atoms with E-state index in [-0.39, 0.29) is 11.5 Å². The molecule has 2 aromatic rings. The van der Waals surface area contributed by atoms with Crippen molar-refractivity contribution in [2.24, 2.45) is 0 Å². The van der Waals surface area contributed by atoms with Gasteiger partial charge in [0.05, 0.1) is 13.3 Å². The molecule has 0 aliphatic heterocycles. The van der Waals surface area contributed by atoms with Crippen LogP contribution >= 0.6 is 0 Å². The molecule has 2 aromatic heterocycles. The lowest BCUT2D eigenvalue weighted by atomic mass is 10.3. The molecule has 2 rings (SSSR count). The molecule has 0 bridgehead atoms.